The molecule has 66 valence electrons. The monoisotopic (exact) mass is 167 g/mol. The SMILES string of the molecule is C=C(C)C1([N+](=O)[O-])CC=CCC1. The Bertz CT molecular complexity index is 229. The quantitative estimate of drug-likeness (QED) is 0.360. The van der Waals surface area contributed by atoms with Crippen LogP contribution in [0.15, 0.2) is 24.3 Å². The second kappa shape index (κ2) is 3.09. The average molecular weight is 167 g/mol. The van der Waals surface area contributed by atoms with Crippen molar-refractivity contribution in [1.29, 1.82) is 0 Å². The molecule has 12 heavy (non-hydrogen) atoms. The van der Waals surface area contributed by atoms with Crippen LogP contribution >= 0.6 is 0 Å². The predicted molar refractivity (Wildman–Crippen MR) is 47.5 cm³/mol. The molecule has 0 heterocycles. The molecular weight excluding hydrogens is 154 g/mol. The Hall–Kier alpha value is -1.12. The first-order valence-corrected chi connectivity index (χ1v) is 4.05. The fraction of sp³-hybridized carbons (Fsp3) is 0.556. The molecule has 0 aromatic rings. The van der Waals surface area contributed by atoms with Crippen molar-refractivity contribution in [2.75, 3.05) is 0 Å². The van der Waals surface area contributed by atoms with Crippen LogP contribution in [-0.4, -0.2) is 10.5 Å². The molecule has 0 N–H and O–H groups in total. The van der Waals surface area contributed by atoms with Gasteiger partial charge in [0.25, 0.3) is 0 Å². The summed E-state index contributed by atoms with van der Waals surface area (Å²) < 4.78 is 0. The molecule has 1 atom stereocenters. The standard InChI is InChI=1S/C9H13NO2/c1-8(2)9(10(11)12)6-4-3-5-7-9/h3-4H,1,5-7H2,2H3. The van der Waals surface area contributed by atoms with Gasteiger partial charge < -0.3 is 0 Å². The number of rotatable bonds is 2. The van der Waals surface area contributed by atoms with Gasteiger partial charge in [0.05, 0.1) is 0 Å². The summed E-state index contributed by atoms with van der Waals surface area (Å²) in [6, 6.07) is 0. The molecule has 0 bridgehead atoms. The molecular formula is C9H13NO2. The second-order valence-corrected chi connectivity index (χ2v) is 3.28. The van der Waals surface area contributed by atoms with Gasteiger partial charge in [0.15, 0.2) is 0 Å². The molecule has 1 aliphatic carbocycles. The topological polar surface area (TPSA) is 43.1 Å². The van der Waals surface area contributed by atoms with Gasteiger partial charge in [-0.25, -0.2) is 0 Å². The van der Waals surface area contributed by atoms with Crippen molar-refractivity contribution in [3.63, 3.8) is 0 Å². The van der Waals surface area contributed by atoms with Crippen molar-refractivity contribution >= 4 is 0 Å². The zero-order chi connectivity index (χ0) is 9.19. The summed E-state index contributed by atoms with van der Waals surface area (Å²) in [6.45, 7) is 5.43. The van der Waals surface area contributed by atoms with E-state index < -0.39 is 5.54 Å². The molecule has 1 unspecified atom stereocenters. The Morgan fingerprint density at radius 3 is 2.58 bits per heavy atom. The normalized spacial score (nSPS) is 28.4. The fourth-order valence-corrected chi connectivity index (χ4v) is 1.53. The van der Waals surface area contributed by atoms with Crippen molar-refractivity contribution < 1.29 is 4.92 Å². The van der Waals surface area contributed by atoms with Crippen LogP contribution in [0.2, 0.25) is 0 Å². The van der Waals surface area contributed by atoms with Gasteiger partial charge in [-0.2, -0.15) is 0 Å². The molecule has 0 fully saturated rings. The maximum atomic E-state index is 10.8. The molecule has 0 aromatic carbocycles. The Morgan fingerprint density at radius 1 is 1.67 bits per heavy atom. The number of nitro groups is 1. The highest BCUT2D eigenvalue weighted by Crippen LogP contribution is 2.32. The van der Waals surface area contributed by atoms with Crippen molar-refractivity contribution in [3.8, 4) is 0 Å². The van der Waals surface area contributed by atoms with Gasteiger partial charge in [0.2, 0.25) is 5.54 Å². The molecule has 3 nitrogen and oxygen atoms in total. The molecule has 0 saturated carbocycles. The van der Waals surface area contributed by atoms with Crippen LogP contribution in [0.1, 0.15) is 26.2 Å². The van der Waals surface area contributed by atoms with Gasteiger partial charge in [0.1, 0.15) is 0 Å². The van der Waals surface area contributed by atoms with Gasteiger partial charge in [-0.05, 0) is 18.9 Å². The zero-order valence-electron chi connectivity index (χ0n) is 7.25. The van der Waals surface area contributed by atoms with Gasteiger partial charge in [-0.1, -0.05) is 18.7 Å². The van der Waals surface area contributed by atoms with E-state index in [1.54, 1.807) is 6.92 Å². The minimum absolute atomic E-state index is 0.196. The molecule has 0 radical (unpaired) electrons. The molecule has 1 rings (SSSR count). The van der Waals surface area contributed by atoms with Crippen LogP contribution in [0.25, 0.3) is 0 Å². The Morgan fingerprint density at radius 2 is 2.33 bits per heavy atom. The summed E-state index contributed by atoms with van der Waals surface area (Å²) in [7, 11) is 0. The molecule has 0 aromatic heterocycles. The Labute approximate surface area is 71.9 Å². The third-order valence-electron chi connectivity index (χ3n) is 2.49. The lowest BCUT2D eigenvalue weighted by atomic mass is 9.81. The second-order valence-electron chi connectivity index (χ2n) is 3.28. The molecule has 0 spiro atoms. The van der Waals surface area contributed by atoms with Crippen molar-refractivity contribution in [2.24, 2.45) is 0 Å². The number of nitrogens with zero attached hydrogens (tertiary/aromatic N) is 1. The lowest BCUT2D eigenvalue weighted by Crippen LogP contribution is -2.39. The summed E-state index contributed by atoms with van der Waals surface area (Å²) in [5.41, 5.74) is -0.216. The van der Waals surface area contributed by atoms with E-state index in [1.165, 1.54) is 0 Å². The molecule has 0 saturated heterocycles. The maximum Gasteiger partial charge on any atom is 0.246 e. The van der Waals surface area contributed by atoms with Crippen LogP contribution in [0.5, 0.6) is 0 Å². The van der Waals surface area contributed by atoms with Crippen LogP contribution < -0.4 is 0 Å². The van der Waals surface area contributed by atoms with Gasteiger partial charge in [-0.15, -0.1) is 0 Å². The highest BCUT2D eigenvalue weighted by Gasteiger charge is 2.43. The number of hydrogen-bond donors (Lipinski definition) is 0. The molecule has 0 aliphatic heterocycles. The largest absolute Gasteiger partial charge is 0.264 e. The minimum Gasteiger partial charge on any atom is -0.264 e. The third kappa shape index (κ3) is 1.26. The maximum absolute atomic E-state index is 10.8. The zero-order valence-corrected chi connectivity index (χ0v) is 7.25. The van der Waals surface area contributed by atoms with E-state index in [9.17, 15) is 10.1 Å². The Kier molecular flexibility index (Phi) is 2.31. The summed E-state index contributed by atoms with van der Waals surface area (Å²) >= 11 is 0. The summed E-state index contributed by atoms with van der Waals surface area (Å²) in [5, 5.41) is 10.8. The first-order valence-electron chi connectivity index (χ1n) is 4.05. The summed E-state index contributed by atoms with van der Waals surface area (Å²) in [5.74, 6) is 0. The average Bonchev–Trinajstić information content (AvgIpc) is 2.05. The molecule has 1 aliphatic rings. The van der Waals surface area contributed by atoms with Crippen LogP contribution in [0.3, 0.4) is 0 Å². The number of hydrogen-bond acceptors (Lipinski definition) is 2. The van der Waals surface area contributed by atoms with E-state index >= 15 is 0 Å². The van der Waals surface area contributed by atoms with Crippen molar-refractivity contribution in [3.05, 3.63) is 34.4 Å². The van der Waals surface area contributed by atoms with E-state index in [0.29, 0.717) is 18.4 Å². The van der Waals surface area contributed by atoms with E-state index in [2.05, 4.69) is 6.58 Å². The number of allylic oxidation sites excluding steroid dienone is 1. The van der Waals surface area contributed by atoms with Crippen molar-refractivity contribution in [2.45, 2.75) is 31.7 Å². The van der Waals surface area contributed by atoms with E-state index in [4.69, 9.17) is 0 Å². The van der Waals surface area contributed by atoms with Crippen LogP contribution in [0, 0.1) is 10.1 Å². The smallest absolute Gasteiger partial charge is 0.246 e. The highest BCUT2D eigenvalue weighted by atomic mass is 16.6. The fourth-order valence-electron chi connectivity index (χ4n) is 1.53. The van der Waals surface area contributed by atoms with Crippen LogP contribution in [-0.2, 0) is 0 Å². The van der Waals surface area contributed by atoms with Gasteiger partial charge >= 0.3 is 0 Å². The molecule has 0 amide bonds. The van der Waals surface area contributed by atoms with E-state index in [0.717, 1.165) is 6.42 Å². The molecule has 3 heteroatoms. The van der Waals surface area contributed by atoms with E-state index in [1.807, 2.05) is 12.2 Å². The first-order chi connectivity index (χ1) is 5.59. The lowest BCUT2D eigenvalue weighted by Gasteiger charge is -2.26. The van der Waals surface area contributed by atoms with Crippen LogP contribution in [0.4, 0.5) is 0 Å². The van der Waals surface area contributed by atoms with E-state index in [-0.39, 0.29) is 4.92 Å². The van der Waals surface area contributed by atoms with Gasteiger partial charge in [0, 0.05) is 17.8 Å². The highest BCUT2D eigenvalue weighted by molar-refractivity contribution is 5.15. The van der Waals surface area contributed by atoms with Crippen molar-refractivity contribution in [1.82, 2.24) is 0 Å². The predicted octanol–water partition coefficient (Wildman–Crippen LogP) is 2.32. The minimum atomic E-state index is -0.880. The Balaban J connectivity index is 2.94. The summed E-state index contributed by atoms with van der Waals surface area (Å²) in [4.78, 5) is 10.6. The first kappa shape index (κ1) is 8.97. The third-order valence-corrected chi connectivity index (χ3v) is 2.49. The van der Waals surface area contributed by atoms with Gasteiger partial charge in [-0.3, -0.25) is 10.1 Å². The summed E-state index contributed by atoms with van der Waals surface area (Å²) in [6.07, 6.45) is 5.74. The lowest BCUT2D eigenvalue weighted by molar-refractivity contribution is -0.559.